The van der Waals surface area contributed by atoms with Crippen LogP contribution in [-0.2, 0) is 0 Å². The third-order valence-electron chi connectivity index (χ3n) is 2.21. The van der Waals surface area contributed by atoms with Crippen LogP contribution in [0.2, 0.25) is 0 Å². The van der Waals surface area contributed by atoms with Gasteiger partial charge in [0.2, 0.25) is 0 Å². The van der Waals surface area contributed by atoms with Crippen molar-refractivity contribution in [1.82, 2.24) is 4.98 Å². The molecule has 1 aromatic carbocycles. The van der Waals surface area contributed by atoms with E-state index in [-0.39, 0.29) is 6.03 Å². The van der Waals surface area contributed by atoms with Gasteiger partial charge in [-0.3, -0.25) is 4.98 Å². The molecule has 0 aliphatic rings. The Balaban J connectivity index is 1.94. The second-order valence-corrected chi connectivity index (χ2v) is 4.39. The van der Waals surface area contributed by atoms with Crippen LogP contribution < -0.4 is 10.6 Å². The maximum Gasteiger partial charge on any atom is 0.323 e. The number of nitrogens with zero attached hydrogens (tertiary/aromatic N) is 2. The summed E-state index contributed by atoms with van der Waals surface area (Å²) in [7, 11) is 0. The molecule has 2 aromatic rings. The Labute approximate surface area is 114 Å². The van der Waals surface area contributed by atoms with Gasteiger partial charge in [0.15, 0.2) is 0 Å². The average molecular weight is 270 g/mol. The summed E-state index contributed by atoms with van der Waals surface area (Å²) in [6, 6.07) is 10.1. The average Bonchev–Trinajstić information content (AvgIpc) is 2.42. The number of thioether (sulfide) groups is 1. The molecule has 0 atom stereocenters. The zero-order chi connectivity index (χ0) is 13.5. The van der Waals surface area contributed by atoms with E-state index in [0.29, 0.717) is 11.4 Å². The first-order chi connectivity index (χ1) is 9.28. The SMILES string of the molecule is N#CSc1ccc(NC(=O)Nc2ccncc2)cc1. The molecule has 0 fully saturated rings. The zero-order valence-electron chi connectivity index (χ0n) is 9.83. The van der Waals surface area contributed by atoms with E-state index in [1.165, 1.54) is 0 Å². The third-order valence-corrected chi connectivity index (χ3v) is 2.81. The monoisotopic (exact) mass is 270 g/mol. The lowest BCUT2D eigenvalue weighted by Gasteiger charge is -2.07. The van der Waals surface area contributed by atoms with Crippen molar-refractivity contribution in [3.63, 3.8) is 0 Å². The van der Waals surface area contributed by atoms with Gasteiger partial charge in [0.1, 0.15) is 5.40 Å². The Morgan fingerprint density at radius 1 is 1.05 bits per heavy atom. The van der Waals surface area contributed by atoms with Crippen LogP contribution in [0.4, 0.5) is 16.2 Å². The van der Waals surface area contributed by atoms with Crippen LogP contribution in [0.1, 0.15) is 0 Å². The van der Waals surface area contributed by atoms with Crippen LogP contribution in [0.25, 0.3) is 0 Å². The molecule has 5 nitrogen and oxygen atoms in total. The molecule has 19 heavy (non-hydrogen) atoms. The predicted molar refractivity (Wildman–Crippen MR) is 74.8 cm³/mol. The third kappa shape index (κ3) is 4.01. The second-order valence-electron chi connectivity index (χ2n) is 3.53. The van der Waals surface area contributed by atoms with Crippen molar-refractivity contribution in [1.29, 1.82) is 5.26 Å². The van der Waals surface area contributed by atoms with E-state index in [1.807, 2.05) is 5.40 Å². The van der Waals surface area contributed by atoms with Crippen LogP contribution in [0.3, 0.4) is 0 Å². The first-order valence-electron chi connectivity index (χ1n) is 5.42. The molecule has 2 N–H and O–H groups in total. The summed E-state index contributed by atoms with van der Waals surface area (Å²) >= 11 is 1.08. The lowest BCUT2D eigenvalue weighted by molar-refractivity contribution is 0.262. The van der Waals surface area contributed by atoms with Gasteiger partial charge >= 0.3 is 6.03 Å². The minimum Gasteiger partial charge on any atom is -0.308 e. The number of nitriles is 1. The zero-order valence-corrected chi connectivity index (χ0v) is 10.6. The van der Waals surface area contributed by atoms with Gasteiger partial charge in [-0.1, -0.05) is 0 Å². The minimum absolute atomic E-state index is 0.327. The maximum atomic E-state index is 11.7. The second kappa shape index (κ2) is 6.42. The standard InChI is InChI=1S/C13H10N4OS/c14-9-19-12-3-1-10(2-4-12)16-13(18)17-11-5-7-15-8-6-11/h1-8H,(H2,15,16,17,18). The Kier molecular flexibility index (Phi) is 4.37. The van der Waals surface area contributed by atoms with E-state index >= 15 is 0 Å². The summed E-state index contributed by atoms with van der Waals surface area (Å²) in [4.78, 5) is 16.4. The van der Waals surface area contributed by atoms with Gasteiger partial charge in [-0.05, 0) is 48.2 Å². The van der Waals surface area contributed by atoms with Gasteiger partial charge in [-0.15, -0.1) is 0 Å². The molecule has 0 aliphatic heterocycles. The summed E-state index contributed by atoms with van der Waals surface area (Å²) in [6.45, 7) is 0. The van der Waals surface area contributed by atoms with Crippen LogP contribution in [0.5, 0.6) is 0 Å². The Morgan fingerprint density at radius 2 is 1.63 bits per heavy atom. The van der Waals surface area contributed by atoms with Crippen molar-refractivity contribution in [2.45, 2.75) is 4.90 Å². The molecule has 0 saturated heterocycles. The Hall–Kier alpha value is -2.52. The van der Waals surface area contributed by atoms with E-state index in [2.05, 4.69) is 15.6 Å². The Bertz CT molecular complexity index is 592. The number of anilines is 2. The van der Waals surface area contributed by atoms with Gasteiger partial charge in [0.25, 0.3) is 0 Å². The van der Waals surface area contributed by atoms with E-state index in [4.69, 9.17) is 5.26 Å². The lowest BCUT2D eigenvalue weighted by Crippen LogP contribution is -2.19. The number of rotatable bonds is 3. The highest BCUT2D eigenvalue weighted by molar-refractivity contribution is 8.03. The molecule has 0 spiro atoms. The van der Waals surface area contributed by atoms with E-state index in [9.17, 15) is 4.79 Å². The predicted octanol–water partition coefficient (Wildman–Crippen LogP) is 3.30. The number of hydrogen-bond donors (Lipinski definition) is 2. The fourth-order valence-electron chi connectivity index (χ4n) is 1.39. The molecule has 1 heterocycles. The molecule has 0 aliphatic carbocycles. The molecule has 0 bridgehead atoms. The summed E-state index contributed by atoms with van der Waals surface area (Å²) in [5, 5.41) is 15.9. The number of thiocyanates is 1. The molecule has 0 radical (unpaired) electrons. The number of aromatic nitrogens is 1. The largest absolute Gasteiger partial charge is 0.323 e. The minimum atomic E-state index is -0.327. The number of carbonyl (C=O) groups is 1. The van der Waals surface area contributed by atoms with Gasteiger partial charge in [0, 0.05) is 28.7 Å². The van der Waals surface area contributed by atoms with Crippen molar-refractivity contribution < 1.29 is 4.79 Å². The van der Waals surface area contributed by atoms with Crippen molar-refractivity contribution in [3.8, 4) is 5.40 Å². The number of urea groups is 1. The number of hydrogen-bond acceptors (Lipinski definition) is 4. The smallest absolute Gasteiger partial charge is 0.308 e. The number of carbonyl (C=O) groups excluding carboxylic acids is 1. The maximum absolute atomic E-state index is 11.7. The summed E-state index contributed by atoms with van der Waals surface area (Å²) in [5.74, 6) is 0. The highest BCUT2D eigenvalue weighted by atomic mass is 32.2. The summed E-state index contributed by atoms with van der Waals surface area (Å²) in [5.41, 5.74) is 1.33. The van der Waals surface area contributed by atoms with Crippen molar-refractivity contribution >= 4 is 29.2 Å². The highest BCUT2D eigenvalue weighted by Gasteiger charge is 2.02. The summed E-state index contributed by atoms with van der Waals surface area (Å²) < 4.78 is 0. The van der Waals surface area contributed by atoms with Crippen molar-refractivity contribution in [2.75, 3.05) is 10.6 Å². The Morgan fingerprint density at radius 3 is 2.21 bits per heavy atom. The number of pyridine rings is 1. The van der Waals surface area contributed by atoms with Gasteiger partial charge in [-0.2, -0.15) is 5.26 Å². The number of benzene rings is 1. The van der Waals surface area contributed by atoms with Crippen molar-refractivity contribution in [2.24, 2.45) is 0 Å². The quantitative estimate of drug-likeness (QED) is 0.662. The first-order valence-corrected chi connectivity index (χ1v) is 6.23. The normalized spacial score (nSPS) is 9.42. The first kappa shape index (κ1) is 12.9. The van der Waals surface area contributed by atoms with Crippen LogP contribution in [0.15, 0.2) is 53.7 Å². The fraction of sp³-hybridized carbons (Fsp3) is 0. The highest BCUT2D eigenvalue weighted by Crippen LogP contribution is 2.19. The van der Waals surface area contributed by atoms with Gasteiger partial charge < -0.3 is 10.6 Å². The van der Waals surface area contributed by atoms with Gasteiger partial charge in [0.05, 0.1) is 0 Å². The van der Waals surface area contributed by atoms with E-state index in [0.717, 1.165) is 16.7 Å². The molecule has 0 unspecified atom stereocenters. The molecule has 1 aromatic heterocycles. The molecular weight excluding hydrogens is 260 g/mol. The summed E-state index contributed by atoms with van der Waals surface area (Å²) in [6.07, 6.45) is 3.20. The van der Waals surface area contributed by atoms with Crippen molar-refractivity contribution in [3.05, 3.63) is 48.8 Å². The van der Waals surface area contributed by atoms with Crippen LogP contribution in [-0.4, -0.2) is 11.0 Å². The van der Waals surface area contributed by atoms with Crippen LogP contribution in [0, 0.1) is 10.7 Å². The number of nitrogens with one attached hydrogen (secondary N) is 2. The lowest BCUT2D eigenvalue weighted by atomic mass is 10.3. The molecule has 2 amide bonds. The molecule has 94 valence electrons. The molecular formula is C13H10N4OS. The number of amides is 2. The van der Waals surface area contributed by atoms with E-state index in [1.54, 1.807) is 48.8 Å². The fourth-order valence-corrected chi connectivity index (χ4v) is 1.77. The molecule has 2 rings (SSSR count). The topological polar surface area (TPSA) is 77.8 Å². The molecule has 0 saturated carbocycles. The van der Waals surface area contributed by atoms with E-state index < -0.39 is 0 Å². The molecule has 6 heteroatoms. The van der Waals surface area contributed by atoms with Gasteiger partial charge in [-0.25, -0.2) is 4.79 Å². The van der Waals surface area contributed by atoms with Crippen LogP contribution >= 0.6 is 11.8 Å².